The van der Waals surface area contributed by atoms with Crippen molar-refractivity contribution in [3.05, 3.63) is 104 Å². The topological polar surface area (TPSA) is 93.8 Å². The van der Waals surface area contributed by atoms with Gasteiger partial charge in [0.1, 0.15) is 12.4 Å². The van der Waals surface area contributed by atoms with E-state index in [0.29, 0.717) is 33.2 Å². The summed E-state index contributed by atoms with van der Waals surface area (Å²) in [5.41, 5.74) is 4.01. The molecule has 1 amide bonds. The summed E-state index contributed by atoms with van der Waals surface area (Å²) in [7, 11) is 0. The van der Waals surface area contributed by atoms with Crippen LogP contribution >= 0.6 is 22.9 Å². The molecular formula is C23H16ClN3O4S. The molecule has 0 aliphatic carbocycles. The molecule has 7 nitrogen and oxygen atoms in total. The van der Waals surface area contributed by atoms with E-state index in [1.807, 2.05) is 36.4 Å². The number of amides is 1. The van der Waals surface area contributed by atoms with Crippen LogP contribution < -0.4 is 10.2 Å². The average molecular weight is 466 g/mol. The van der Waals surface area contributed by atoms with E-state index in [9.17, 15) is 14.9 Å². The number of hydrogen-bond acceptors (Lipinski definition) is 6. The SMILES string of the molecule is O=C(NN=Cc1ccccc1OCc1ccccc1Cl)c1cc2cc([N+](=O)[O-])ccc2s1. The number of nitrogens with one attached hydrogen (secondary N) is 1. The summed E-state index contributed by atoms with van der Waals surface area (Å²) in [4.78, 5) is 23.3. The molecule has 0 bridgehead atoms. The van der Waals surface area contributed by atoms with Gasteiger partial charge < -0.3 is 4.74 Å². The van der Waals surface area contributed by atoms with Gasteiger partial charge in [-0.05, 0) is 30.3 Å². The zero-order chi connectivity index (χ0) is 22.5. The summed E-state index contributed by atoms with van der Waals surface area (Å²) >= 11 is 7.41. The van der Waals surface area contributed by atoms with Crippen molar-refractivity contribution in [2.45, 2.75) is 6.61 Å². The second-order valence-electron chi connectivity index (χ2n) is 6.71. The third-order valence-corrected chi connectivity index (χ3v) is 6.05. The van der Waals surface area contributed by atoms with Crippen LogP contribution in [0.2, 0.25) is 5.02 Å². The fourth-order valence-corrected chi connectivity index (χ4v) is 4.08. The summed E-state index contributed by atoms with van der Waals surface area (Å²) in [5.74, 6) is 0.194. The van der Waals surface area contributed by atoms with Gasteiger partial charge in [-0.15, -0.1) is 11.3 Å². The van der Waals surface area contributed by atoms with Gasteiger partial charge in [-0.1, -0.05) is 41.9 Å². The molecule has 0 atom stereocenters. The number of fused-ring (bicyclic) bond motifs is 1. The first kappa shape index (κ1) is 21.5. The zero-order valence-electron chi connectivity index (χ0n) is 16.5. The van der Waals surface area contributed by atoms with E-state index in [4.69, 9.17) is 16.3 Å². The highest BCUT2D eigenvalue weighted by Crippen LogP contribution is 2.29. The number of para-hydroxylation sites is 1. The largest absolute Gasteiger partial charge is 0.488 e. The Kier molecular flexibility index (Phi) is 6.44. The summed E-state index contributed by atoms with van der Waals surface area (Å²) < 4.78 is 6.66. The van der Waals surface area contributed by atoms with Gasteiger partial charge in [0.2, 0.25) is 0 Å². The van der Waals surface area contributed by atoms with E-state index < -0.39 is 10.8 Å². The maximum absolute atomic E-state index is 12.5. The number of nitrogens with zero attached hydrogens (tertiary/aromatic N) is 2. The van der Waals surface area contributed by atoms with E-state index in [0.717, 1.165) is 10.3 Å². The minimum Gasteiger partial charge on any atom is -0.488 e. The number of halogens is 1. The molecule has 4 aromatic rings. The van der Waals surface area contributed by atoms with Gasteiger partial charge >= 0.3 is 0 Å². The third kappa shape index (κ3) is 4.93. The Balaban J connectivity index is 1.44. The van der Waals surface area contributed by atoms with Crippen LogP contribution in [0.4, 0.5) is 5.69 Å². The molecule has 0 radical (unpaired) electrons. The maximum Gasteiger partial charge on any atom is 0.281 e. The number of nitro benzene ring substituents is 1. The Morgan fingerprint density at radius 2 is 1.91 bits per heavy atom. The highest BCUT2D eigenvalue weighted by Gasteiger charge is 2.13. The van der Waals surface area contributed by atoms with Crippen molar-refractivity contribution in [3.63, 3.8) is 0 Å². The number of hydrazone groups is 1. The molecule has 1 N–H and O–H groups in total. The first-order valence-corrected chi connectivity index (χ1v) is 10.7. The summed E-state index contributed by atoms with van der Waals surface area (Å²) in [5, 5.41) is 16.2. The highest BCUT2D eigenvalue weighted by atomic mass is 35.5. The van der Waals surface area contributed by atoms with Crippen LogP contribution in [-0.2, 0) is 6.61 Å². The minimum atomic E-state index is -0.466. The van der Waals surface area contributed by atoms with E-state index in [1.165, 1.54) is 29.7 Å². The second kappa shape index (κ2) is 9.59. The van der Waals surface area contributed by atoms with Gasteiger partial charge in [0.15, 0.2) is 0 Å². The summed E-state index contributed by atoms with van der Waals surface area (Å²) in [6.07, 6.45) is 1.50. The highest BCUT2D eigenvalue weighted by molar-refractivity contribution is 7.20. The fraction of sp³-hybridized carbons (Fsp3) is 0.0435. The van der Waals surface area contributed by atoms with Crippen molar-refractivity contribution in [1.29, 1.82) is 0 Å². The predicted octanol–water partition coefficient (Wildman–Crippen LogP) is 5.81. The molecule has 0 saturated carbocycles. The van der Waals surface area contributed by atoms with Gasteiger partial charge in [0.05, 0.1) is 16.0 Å². The molecule has 0 aliphatic rings. The van der Waals surface area contributed by atoms with Gasteiger partial charge in [-0.2, -0.15) is 5.10 Å². The van der Waals surface area contributed by atoms with Crippen LogP contribution in [0.25, 0.3) is 10.1 Å². The molecule has 9 heteroatoms. The zero-order valence-corrected chi connectivity index (χ0v) is 18.1. The molecule has 0 aliphatic heterocycles. The monoisotopic (exact) mass is 465 g/mol. The number of thiophene rings is 1. The lowest BCUT2D eigenvalue weighted by molar-refractivity contribution is -0.384. The molecule has 0 saturated heterocycles. The predicted molar refractivity (Wildman–Crippen MR) is 126 cm³/mol. The molecule has 4 rings (SSSR count). The normalized spacial score (nSPS) is 11.0. The number of non-ortho nitro benzene ring substituents is 1. The molecule has 1 heterocycles. The molecule has 0 fully saturated rings. The number of rotatable bonds is 7. The Hall–Kier alpha value is -3.75. The first-order chi connectivity index (χ1) is 15.5. The lowest BCUT2D eigenvalue weighted by atomic mass is 10.2. The lowest BCUT2D eigenvalue weighted by Gasteiger charge is -2.10. The van der Waals surface area contributed by atoms with E-state index in [1.54, 1.807) is 24.3 Å². The van der Waals surface area contributed by atoms with Crippen LogP contribution in [0.3, 0.4) is 0 Å². The number of carbonyl (C=O) groups is 1. The molecular weight excluding hydrogens is 450 g/mol. The third-order valence-electron chi connectivity index (χ3n) is 4.56. The van der Waals surface area contributed by atoms with Gasteiger partial charge in [-0.3, -0.25) is 14.9 Å². The fourth-order valence-electron chi connectivity index (χ4n) is 2.96. The Bertz CT molecular complexity index is 1340. The number of hydrogen-bond donors (Lipinski definition) is 1. The quantitative estimate of drug-likeness (QED) is 0.212. The minimum absolute atomic E-state index is 0.0197. The van der Waals surface area contributed by atoms with Crippen LogP contribution in [0.15, 0.2) is 77.9 Å². The van der Waals surface area contributed by atoms with E-state index in [-0.39, 0.29) is 5.69 Å². The standard InChI is InChI=1S/C23H16ClN3O4S/c24-19-7-3-1-6-16(19)14-31-20-8-4-2-5-15(20)13-25-26-23(28)22-12-17-11-18(27(29)30)9-10-21(17)32-22/h1-13H,14H2,(H,26,28). The Morgan fingerprint density at radius 1 is 1.12 bits per heavy atom. The molecule has 3 aromatic carbocycles. The van der Waals surface area contributed by atoms with Crippen LogP contribution in [0, 0.1) is 10.1 Å². The van der Waals surface area contributed by atoms with Crippen molar-refractivity contribution in [3.8, 4) is 5.75 Å². The second-order valence-corrected chi connectivity index (χ2v) is 8.20. The smallest absolute Gasteiger partial charge is 0.281 e. The van der Waals surface area contributed by atoms with Gasteiger partial charge in [0, 0.05) is 38.4 Å². The van der Waals surface area contributed by atoms with Crippen molar-refractivity contribution >= 4 is 50.8 Å². The summed E-state index contributed by atoms with van der Waals surface area (Å²) in [6, 6.07) is 20.8. The van der Waals surface area contributed by atoms with Crippen LogP contribution in [0.5, 0.6) is 5.75 Å². The first-order valence-electron chi connectivity index (χ1n) is 9.48. The number of benzene rings is 3. The molecule has 1 aromatic heterocycles. The van der Waals surface area contributed by atoms with Crippen LogP contribution in [-0.4, -0.2) is 17.0 Å². The molecule has 32 heavy (non-hydrogen) atoms. The van der Waals surface area contributed by atoms with Gasteiger partial charge in [-0.25, -0.2) is 5.43 Å². The van der Waals surface area contributed by atoms with E-state index >= 15 is 0 Å². The number of nitro groups is 1. The maximum atomic E-state index is 12.5. The molecule has 0 spiro atoms. The average Bonchev–Trinajstić information content (AvgIpc) is 3.23. The molecule has 0 unspecified atom stereocenters. The lowest BCUT2D eigenvalue weighted by Crippen LogP contribution is -2.16. The van der Waals surface area contributed by atoms with Crippen molar-refractivity contribution in [2.75, 3.05) is 0 Å². The van der Waals surface area contributed by atoms with Crippen molar-refractivity contribution < 1.29 is 14.5 Å². The number of ether oxygens (including phenoxy) is 1. The van der Waals surface area contributed by atoms with Crippen molar-refractivity contribution in [1.82, 2.24) is 5.43 Å². The number of carbonyl (C=O) groups excluding carboxylic acids is 1. The van der Waals surface area contributed by atoms with Crippen LogP contribution in [0.1, 0.15) is 20.8 Å². The van der Waals surface area contributed by atoms with E-state index in [2.05, 4.69) is 10.5 Å². The molecule has 160 valence electrons. The Labute approximate surface area is 192 Å². The Morgan fingerprint density at radius 3 is 2.72 bits per heavy atom. The van der Waals surface area contributed by atoms with Crippen molar-refractivity contribution in [2.24, 2.45) is 5.10 Å². The summed E-state index contributed by atoms with van der Waals surface area (Å²) in [6.45, 7) is 0.296. The van der Waals surface area contributed by atoms with Gasteiger partial charge in [0.25, 0.3) is 11.6 Å².